The molecule has 2 unspecified atom stereocenters. The van der Waals surface area contributed by atoms with Crippen molar-refractivity contribution < 1.29 is 0 Å². The van der Waals surface area contributed by atoms with Gasteiger partial charge in [-0.15, -0.1) is 24.0 Å². The van der Waals surface area contributed by atoms with Crippen molar-refractivity contribution in [2.45, 2.75) is 53.0 Å². The Bertz CT molecular complexity index is 405. The highest BCUT2D eigenvalue weighted by molar-refractivity contribution is 14.0. The normalized spacial score (nSPS) is 24.0. The van der Waals surface area contributed by atoms with Gasteiger partial charge in [-0.05, 0) is 39.2 Å². The fourth-order valence-corrected chi connectivity index (χ4v) is 4.34. The summed E-state index contributed by atoms with van der Waals surface area (Å²) < 4.78 is 0. The molecule has 2 aliphatic heterocycles. The van der Waals surface area contributed by atoms with Crippen LogP contribution in [0.15, 0.2) is 4.99 Å². The van der Waals surface area contributed by atoms with E-state index in [1.807, 2.05) is 0 Å². The van der Waals surface area contributed by atoms with Gasteiger partial charge in [0, 0.05) is 51.9 Å². The number of piperazine rings is 1. The van der Waals surface area contributed by atoms with E-state index in [0.717, 1.165) is 37.4 Å². The molecule has 2 fully saturated rings. The van der Waals surface area contributed by atoms with E-state index in [1.54, 1.807) is 0 Å². The lowest BCUT2D eigenvalue weighted by Crippen LogP contribution is -2.49. The van der Waals surface area contributed by atoms with Crippen molar-refractivity contribution in [2.24, 2.45) is 16.8 Å². The van der Waals surface area contributed by atoms with E-state index in [-0.39, 0.29) is 24.0 Å². The van der Waals surface area contributed by atoms with Crippen LogP contribution in [0.4, 0.5) is 0 Å². The molecule has 0 aromatic rings. The molecule has 2 aliphatic rings. The summed E-state index contributed by atoms with van der Waals surface area (Å²) in [6.45, 7) is 18.1. The van der Waals surface area contributed by atoms with E-state index >= 15 is 0 Å². The molecule has 0 aliphatic carbocycles. The minimum Gasteiger partial charge on any atom is -0.357 e. The average molecular weight is 479 g/mol. The number of hydrogen-bond donors (Lipinski definition) is 1. The first-order valence-electron chi connectivity index (χ1n) is 10.5. The van der Waals surface area contributed by atoms with Crippen molar-refractivity contribution in [3.05, 3.63) is 0 Å². The summed E-state index contributed by atoms with van der Waals surface area (Å²) in [7, 11) is 2.22. The third kappa shape index (κ3) is 6.82. The van der Waals surface area contributed by atoms with Crippen LogP contribution in [0.1, 0.15) is 47.0 Å². The summed E-state index contributed by atoms with van der Waals surface area (Å²) in [4.78, 5) is 12.5. The summed E-state index contributed by atoms with van der Waals surface area (Å²) in [5.41, 5.74) is 0. The highest BCUT2D eigenvalue weighted by atomic mass is 127. The van der Waals surface area contributed by atoms with Gasteiger partial charge >= 0.3 is 0 Å². The van der Waals surface area contributed by atoms with Crippen LogP contribution in [0.25, 0.3) is 0 Å². The van der Waals surface area contributed by atoms with Crippen LogP contribution >= 0.6 is 24.0 Å². The first kappa shape index (κ1) is 24.0. The van der Waals surface area contributed by atoms with Gasteiger partial charge < -0.3 is 15.1 Å². The summed E-state index contributed by atoms with van der Waals surface area (Å²) in [5.74, 6) is 2.85. The molecule has 6 heteroatoms. The van der Waals surface area contributed by atoms with Gasteiger partial charge in [0.05, 0.1) is 6.54 Å². The van der Waals surface area contributed by atoms with E-state index in [4.69, 9.17) is 4.99 Å². The van der Waals surface area contributed by atoms with Gasteiger partial charge in [0.1, 0.15) is 0 Å². The van der Waals surface area contributed by atoms with E-state index in [9.17, 15) is 0 Å². The van der Waals surface area contributed by atoms with Crippen LogP contribution in [0.3, 0.4) is 0 Å². The lowest BCUT2D eigenvalue weighted by Gasteiger charge is -2.36. The fraction of sp³-hybridized carbons (Fsp3) is 0.950. The summed E-state index contributed by atoms with van der Waals surface area (Å²) >= 11 is 0. The van der Waals surface area contributed by atoms with Crippen LogP contribution in [0, 0.1) is 11.8 Å². The Morgan fingerprint density at radius 1 is 1.08 bits per heavy atom. The second-order valence-corrected chi connectivity index (χ2v) is 7.95. The molecule has 26 heavy (non-hydrogen) atoms. The molecule has 0 bridgehead atoms. The Labute approximate surface area is 179 Å². The van der Waals surface area contributed by atoms with Crippen molar-refractivity contribution in [1.29, 1.82) is 0 Å². The zero-order valence-corrected chi connectivity index (χ0v) is 20.0. The Hall–Kier alpha value is -0.0800. The monoisotopic (exact) mass is 479 g/mol. The maximum Gasteiger partial charge on any atom is 0.193 e. The number of nitrogens with zero attached hydrogens (tertiary/aromatic N) is 4. The molecule has 0 amide bonds. The van der Waals surface area contributed by atoms with Gasteiger partial charge in [-0.2, -0.15) is 0 Å². The van der Waals surface area contributed by atoms with Crippen LogP contribution in [-0.2, 0) is 0 Å². The first-order chi connectivity index (χ1) is 12.1. The van der Waals surface area contributed by atoms with Crippen molar-refractivity contribution in [1.82, 2.24) is 20.0 Å². The zero-order valence-electron chi connectivity index (χ0n) is 17.7. The Morgan fingerprint density at radius 2 is 1.73 bits per heavy atom. The molecule has 2 heterocycles. The van der Waals surface area contributed by atoms with Gasteiger partial charge in [-0.3, -0.25) is 9.89 Å². The minimum absolute atomic E-state index is 0. The molecule has 5 nitrogen and oxygen atoms in total. The molecule has 0 aromatic heterocycles. The van der Waals surface area contributed by atoms with Gasteiger partial charge in [0.15, 0.2) is 5.96 Å². The van der Waals surface area contributed by atoms with Gasteiger partial charge in [0.2, 0.25) is 0 Å². The lowest BCUT2D eigenvalue weighted by molar-refractivity contribution is 0.122. The highest BCUT2D eigenvalue weighted by Crippen LogP contribution is 2.28. The van der Waals surface area contributed by atoms with Crippen LogP contribution < -0.4 is 5.32 Å². The van der Waals surface area contributed by atoms with Gasteiger partial charge in [0.25, 0.3) is 0 Å². The SMILES string of the molecule is CCNC(=NCC(C)N1CCN(C)CC1)N1CCC(C(CC)CC)C1.I. The van der Waals surface area contributed by atoms with Crippen molar-refractivity contribution >= 4 is 29.9 Å². The molecule has 2 rings (SSSR count). The van der Waals surface area contributed by atoms with Gasteiger partial charge in [-0.25, -0.2) is 0 Å². The second-order valence-electron chi connectivity index (χ2n) is 7.95. The Morgan fingerprint density at radius 3 is 2.31 bits per heavy atom. The molecule has 2 saturated heterocycles. The predicted octanol–water partition coefficient (Wildman–Crippen LogP) is 2.96. The smallest absolute Gasteiger partial charge is 0.193 e. The number of halogens is 1. The largest absolute Gasteiger partial charge is 0.357 e. The molecule has 0 spiro atoms. The van der Waals surface area contributed by atoms with Crippen molar-refractivity contribution in [3.63, 3.8) is 0 Å². The topological polar surface area (TPSA) is 34.1 Å². The number of guanidine groups is 1. The summed E-state index contributed by atoms with van der Waals surface area (Å²) in [6.07, 6.45) is 3.94. The number of likely N-dealkylation sites (N-methyl/N-ethyl adjacent to an activating group) is 1. The van der Waals surface area contributed by atoms with Crippen LogP contribution in [0.2, 0.25) is 0 Å². The number of aliphatic imine (C=N–C) groups is 1. The third-order valence-corrected chi connectivity index (χ3v) is 6.24. The number of hydrogen-bond acceptors (Lipinski definition) is 3. The van der Waals surface area contributed by atoms with Gasteiger partial charge in [-0.1, -0.05) is 26.7 Å². The third-order valence-electron chi connectivity index (χ3n) is 6.24. The second kappa shape index (κ2) is 12.4. The Kier molecular flexibility index (Phi) is 11.4. The average Bonchev–Trinajstić information content (AvgIpc) is 3.09. The molecule has 0 saturated carbocycles. The molecule has 0 radical (unpaired) electrons. The summed E-state index contributed by atoms with van der Waals surface area (Å²) in [5, 5.41) is 3.53. The minimum atomic E-state index is 0. The number of likely N-dealkylation sites (tertiary alicyclic amines) is 1. The fourth-order valence-electron chi connectivity index (χ4n) is 4.34. The van der Waals surface area contributed by atoms with E-state index in [0.29, 0.717) is 6.04 Å². The molecule has 2 atom stereocenters. The molecular weight excluding hydrogens is 437 g/mol. The van der Waals surface area contributed by atoms with Crippen molar-refractivity contribution in [2.75, 3.05) is 59.4 Å². The zero-order chi connectivity index (χ0) is 18.2. The van der Waals surface area contributed by atoms with Crippen LogP contribution in [0.5, 0.6) is 0 Å². The maximum absolute atomic E-state index is 5.01. The predicted molar refractivity (Wildman–Crippen MR) is 124 cm³/mol. The lowest BCUT2D eigenvalue weighted by atomic mass is 9.87. The standard InChI is InChI=1S/C20H41N5.HI/c1-6-18(7-2)19-9-10-25(16-19)20(21-8-3)22-15-17(4)24-13-11-23(5)12-14-24;/h17-19H,6-16H2,1-5H3,(H,21,22);1H. The van der Waals surface area contributed by atoms with Crippen molar-refractivity contribution in [3.8, 4) is 0 Å². The molecule has 154 valence electrons. The molecule has 1 N–H and O–H groups in total. The maximum atomic E-state index is 5.01. The van der Waals surface area contributed by atoms with E-state index in [1.165, 1.54) is 52.0 Å². The quantitative estimate of drug-likeness (QED) is 0.346. The van der Waals surface area contributed by atoms with E-state index < -0.39 is 0 Å². The molecular formula is C20H42IN5. The number of nitrogens with one attached hydrogen (secondary N) is 1. The summed E-state index contributed by atoms with van der Waals surface area (Å²) in [6, 6.07) is 0.528. The Balaban J connectivity index is 0.00000338. The van der Waals surface area contributed by atoms with Crippen LogP contribution in [-0.4, -0.2) is 86.1 Å². The first-order valence-corrected chi connectivity index (χ1v) is 10.5. The molecule has 0 aromatic carbocycles. The highest BCUT2D eigenvalue weighted by Gasteiger charge is 2.29. The van der Waals surface area contributed by atoms with E-state index in [2.05, 4.69) is 54.8 Å². The number of rotatable bonds is 7.